The van der Waals surface area contributed by atoms with Crippen molar-refractivity contribution in [2.24, 2.45) is 0 Å². The lowest BCUT2D eigenvalue weighted by atomic mass is 10.1. The molecule has 0 radical (unpaired) electrons. The van der Waals surface area contributed by atoms with Crippen LogP contribution in [-0.4, -0.2) is 39.3 Å². The van der Waals surface area contributed by atoms with Crippen molar-refractivity contribution >= 4 is 11.5 Å². The number of aromatic nitrogens is 3. The molecule has 0 spiro atoms. The zero-order chi connectivity index (χ0) is 14.2. The van der Waals surface area contributed by atoms with Gasteiger partial charge < -0.3 is 10.2 Å². The number of hydrogen-bond acceptors (Lipinski definition) is 4. The molecule has 3 heterocycles. The van der Waals surface area contributed by atoms with Gasteiger partial charge in [-0.05, 0) is 39.7 Å². The van der Waals surface area contributed by atoms with Crippen LogP contribution in [0.5, 0.6) is 0 Å². The molecule has 1 atom stereocenters. The van der Waals surface area contributed by atoms with Crippen LogP contribution in [0, 0.1) is 0 Å². The molecule has 0 bridgehead atoms. The number of nitrogens with zero attached hydrogens (tertiary/aromatic N) is 4. The van der Waals surface area contributed by atoms with E-state index in [1.165, 1.54) is 12.8 Å². The smallest absolute Gasteiger partial charge is 0.157 e. The molecule has 1 fully saturated rings. The Labute approximate surface area is 120 Å². The van der Waals surface area contributed by atoms with E-state index in [9.17, 15) is 0 Å². The lowest BCUT2D eigenvalue weighted by Crippen LogP contribution is -2.45. The Hall–Kier alpha value is -1.62. The number of nitrogens with one attached hydrogen (secondary N) is 1. The van der Waals surface area contributed by atoms with Crippen LogP contribution in [0.15, 0.2) is 24.5 Å². The number of rotatable bonds is 3. The second-order valence-corrected chi connectivity index (χ2v) is 6.54. The van der Waals surface area contributed by atoms with Crippen LogP contribution in [0.3, 0.4) is 0 Å². The molecule has 108 valence electrons. The summed E-state index contributed by atoms with van der Waals surface area (Å²) in [6, 6.07) is 4.55. The Kier molecular flexibility index (Phi) is 3.38. The van der Waals surface area contributed by atoms with E-state index in [0.717, 1.165) is 24.6 Å². The Balaban J connectivity index is 1.77. The zero-order valence-electron chi connectivity index (χ0n) is 12.5. The third kappa shape index (κ3) is 2.77. The SMILES string of the molecule is CC(C)(C)NCC1CCCN1c1ccn2nccc2n1. The van der Waals surface area contributed by atoms with Gasteiger partial charge in [-0.25, -0.2) is 9.50 Å². The zero-order valence-corrected chi connectivity index (χ0v) is 12.5. The minimum absolute atomic E-state index is 0.164. The van der Waals surface area contributed by atoms with Crippen molar-refractivity contribution in [1.82, 2.24) is 19.9 Å². The number of hydrogen-bond donors (Lipinski definition) is 1. The maximum atomic E-state index is 4.71. The highest BCUT2D eigenvalue weighted by Crippen LogP contribution is 2.24. The van der Waals surface area contributed by atoms with Crippen molar-refractivity contribution in [3.05, 3.63) is 24.5 Å². The summed E-state index contributed by atoms with van der Waals surface area (Å²) in [4.78, 5) is 7.13. The van der Waals surface area contributed by atoms with E-state index in [1.54, 1.807) is 6.20 Å². The molecule has 0 aromatic carbocycles. The summed E-state index contributed by atoms with van der Waals surface area (Å²) in [5.74, 6) is 1.07. The number of anilines is 1. The van der Waals surface area contributed by atoms with Gasteiger partial charge in [-0.3, -0.25) is 0 Å². The molecule has 2 aromatic rings. The largest absolute Gasteiger partial charge is 0.352 e. The van der Waals surface area contributed by atoms with E-state index < -0.39 is 0 Å². The standard InChI is InChI=1S/C15H23N5/c1-15(2,3)16-11-12-5-4-9-19(12)13-7-10-20-14(18-13)6-8-17-20/h6-8,10,12,16H,4-5,9,11H2,1-3H3. The lowest BCUT2D eigenvalue weighted by Gasteiger charge is -2.29. The fourth-order valence-electron chi connectivity index (χ4n) is 2.74. The predicted octanol–water partition coefficient (Wildman–Crippen LogP) is 2.09. The van der Waals surface area contributed by atoms with Gasteiger partial charge in [0, 0.05) is 36.9 Å². The van der Waals surface area contributed by atoms with Gasteiger partial charge in [0.2, 0.25) is 0 Å². The van der Waals surface area contributed by atoms with E-state index in [1.807, 2.05) is 16.8 Å². The molecular weight excluding hydrogens is 250 g/mol. The molecular formula is C15H23N5. The molecule has 20 heavy (non-hydrogen) atoms. The van der Waals surface area contributed by atoms with Gasteiger partial charge in [-0.15, -0.1) is 0 Å². The second kappa shape index (κ2) is 5.05. The van der Waals surface area contributed by atoms with E-state index >= 15 is 0 Å². The van der Waals surface area contributed by atoms with E-state index in [-0.39, 0.29) is 5.54 Å². The van der Waals surface area contributed by atoms with Crippen molar-refractivity contribution in [3.63, 3.8) is 0 Å². The van der Waals surface area contributed by atoms with Gasteiger partial charge in [0.1, 0.15) is 5.82 Å². The fourth-order valence-corrected chi connectivity index (χ4v) is 2.74. The Morgan fingerprint density at radius 2 is 2.20 bits per heavy atom. The van der Waals surface area contributed by atoms with Crippen LogP contribution in [0.1, 0.15) is 33.6 Å². The normalized spacial score (nSPS) is 19.9. The van der Waals surface area contributed by atoms with Crippen LogP contribution in [0.2, 0.25) is 0 Å². The highest BCUT2D eigenvalue weighted by molar-refractivity contribution is 5.48. The van der Waals surface area contributed by atoms with Crippen LogP contribution in [0.25, 0.3) is 5.65 Å². The molecule has 0 aliphatic carbocycles. The molecule has 0 saturated carbocycles. The van der Waals surface area contributed by atoms with Crippen molar-refractivity contribution in [2.75, 3.05) is 18.0 Å². The van der Waals surface area contributed by atoms with Crippen LogP contribution >= 0.6 is 0 Å². The Bertz CT molecular complexity index is 583. The average Bonchev–Trinajstić information content (AvgIpc) is 3.03. The van der Waals surface area contributed by atoms with E-state index in [4.69, 9.17) is 4.98 Å². The number of fused-ring (bicyclic) bond motifs is 1. The van der Waals surface area contributed by atoms with Crippen molar-refractivity contribution in [3.8, 4) is 0 Å². The van der Waals surface area contributed by atoms with Gasteiger partial charge >= 0.3 is 0 Å². The Morgan fingerprint density at radius 3 is 3.00 bits per heavy atom. The monoisotopic (exact) mass is 273 g/mol. The molecule has 1 saturated heterocycles. The molecule has 3 rings (SSSR count). The van der Waals surface area contributed by atoms with Gasteiger partial charge in [-0.2, -0.15) is 5.10 Å². The van der Waals surface area contributed by atoms with Gasteiger partial charge in [0.25, 0.3) is 0 Å². The molecule has 5 nitrogen and oxygen atoms in total. The van der Waals surface area contributed by atoms with E-state index in [0.29, 0.717) is 6.04 Å². The average molecular weight is 273 g/mol. The first kappa shape index (κ1) is 13.4. The lowest BCUT2D eigenvalue weighted by molar-refractivity contribution is 0.404. The maximum Gasteiger partial charge on any atom is 0.157 e. The molecule has 2 aromatic heterocycles. The van der Waals surface area contributed by atoms with Crippen molar-refractivity contribution in [2.45, 2.75) is 45.2 Å². The Morgan fingerprint density at radius 1 is 1.35 bits per heavy atom. The highest BCUT2D eigenvalue weighted by Gasteiger charge is 2.26. The van der Waals surface area contributed by atoms with Gasteiger partial charge in [0.15, 0.2) is 5.65 Å². The molecule has 1 aliphatic heterocycles. The predicted molar refractivity (Wildman–Crippen MR) is 81.1 cm³/mol. The summed E-state index contributed by atoms with van der Waals surface area (Å²) in [7, 11) is 0. The molecule has 1 aliphatic rings. The van der Waals surface area contributed by atoms with E-state index in [2.05, 4.69) is 42.2 Å². The highest BCUT2D eigenvalue weighted by atomic mass is 15.3. The molecule has 1 unspecified atom stereocenters. The second-order valence-electron chi connectivity index (χ2n) is 6.54. The fraction of sp³-hybridized carbons (Fsp3) is 0.600. The molecule has 0 amide bonds. The van der Waals surface area contributed by atoms with Crippen LogP contribution in [-0.2, 0) is 0 Å². The summed E-state index contributed by atoms with van der Waals surface area (Å²) in [6.45, 7) is 8.73. The summed E-state index contributed by atoms with van der Waals surface area (Å²) >= 11 is 0. The first-order valence-electron chi connectivity index (χ1n) is 7.35. The minimum Gasteiger partial charge on any atom is -0.352 e. The molecule has 1 N–H and O–H groups in total. The third-order valence-electron chi connectivity index (χ3n) is 3.78. The topological polar surface area (TPSA) is 45.5 Å². The summed E-state index contributed by atoms with van der Waals surface area (Å²) in [5.41, 5.74) is 1.08. The maximum absolute atomic E-state index is 4.71. The summed E-state index contributed by atoms with van der Waals surface area (Å²) in [6.07, 6.45) is 6.25. The first-order chi connectivity index (χ1) is 9.53. The van der Waals surface area contributed by atoms with Crippen molar-refractivity contribution < 1.29 is 0 Å². The summed E-state index contributed by atoms with van der Waals surface area (Å²) < 4.78 is 1.81. The van der Waals surface area contributed by atoms with Gasteiger partial charge in [-0.1, -0.05) is 0 Å². The summed E-state index contributed by atoms with van der Waals surface area (Å²) in [5, 5.41) is 7.81. The van der Waals surface area contributed by atoms with Crippen molar-refractivity contribution in [1.29, 1.82) is 0 Å². The van der Waals surface area contributed by atoms with Crippen LogP contribution < -0.4 is 10.2 Å². The first-order valence-corrected chi connectivity index (χ1v) is 7.35. The van der Waals surface area contributed by atoms with Gasteiger partial charge in [0.05, 0.1) is 6.20 Å². The quantitative estimate of drug-likeness (QED) is 0.930. The third-order valence-corrected chi connectivity index (χ3v) is 3.78. The molecule has 5 heteroatoms. The van der Waals surface area contributed by atoms with Crippen LogP contribution in [0.4, 0.5) is 5.82 Å². The minimum atomic E-state index is 0.164.